The Bertz CT molecular complexity index is 502. The van der Waals surface area contributed by atoms with Gasteiger partial charge < -0.3 is 10.4 Å². The zero-order valence-electron chi connectivity index (χ0n) is 13.8. The Morgan fingerprint density at radius 2 is 1.90 bits per heavy atom. The number of nitrogens with one attached hydrogen (secondary N) is 1. The van der Waals surface area contributed by atoms with E-state index in [4.69, 9.17) is 0 Å². The lowest BCUT2D eigenvalue weighted by molar-refractivity contribution is 0.0976. The van der Waals surface area contributed by atoms with Crippen molar-refractivity contribution in [2.75, 3.05) is 0 Å². The van der Waals surface area contributed by atoms with Crippen LogP contribution in [0.3, 0.4) is 0 Å². The molecular weight excluding hydrogens is 258 g/mol. The summed E-state index contributed by atoms with van der Waals surface area (Å²) in [6.07, 6.45) is 5.23. The maximum atomic E-state index is 9.49. The van der Waals surface area contributed by atoms with Gasteiger partial charge in [-0.05, 0) is 60.1 Å². The predicted octanol–water partition coefficient (Wildman–Crippen LogP) is 4.65. The summed E-state index contributed by atoms with van der Waals surface area (Å²) in [6, 6.07) is 8.67. The number of benzene rings is 1. The van der Waals surface area contributed by atoms with Crippen molar-refractivity contribution in [1.29, 1.82) is 0 Å². The van der Waals surface area contributed by atoms with Gasteiger partial charge in [-0.2, -0.15) is 0 Å². The molecule has 0 radical (unpaired) electrons. The molecule has 2 aliphatic rings. The third kappa shape index (κ3) is 2.38. The molecule has 0 aliphatic heterocycles. The Morgan fingerprint density at radius 1 is 1.24 bits per heavy atom. The lowest BCUT2D eigenvalue weighted by Crippen LogP contribution is -2.51. The third-order valence-electron chi connectivity index (χ3n) is 6.34. The quantitative estimate of drug-likeness (QED) is 0.845. The first kappa shape index (κ1) is 14.9. The third-order valence-corrected chi connectivity index (χ3v) is 6.34. The van der Waals surface area contributed by atoms with Crippen LogP contribution in [0.5, 0.6) is 5.75 Å². The average molecular weight is 287 g/mol. The normalized spacial score (nSPS) is 35.0. The molecule has 0 spiro atoms. The number of phenolic OH excluding ortho intramolecular Hbond substituents is 1. The molecule has 2 aliphatic carbocycles. The highest BCUT2D eigenvalue weighted by atomic mass is 16.3. The highest BCUT2D eigenvalue weighted by molar-refractivity contribution is 5.28. The van der Waals surface area contributed by atoms with Crippen molar-refractivity contribution < 1.29 is 5.11 Å². The van der Waals surface area contributed by atoms with Crippen molar-refractivity contribution in [3.8, 4) is 5.75 Å². The fourth-order valence-electron chi connectivity index (χ4n) is 5.08. The minimum absolute atomic E-state index is 0.348. The van der Waals surface area contributed by atoms with Gasteiger partial charge in [0.1, 0.15) is 5.75 Å². The minimum Gasteiger partial charge on any atom is -0.508 e. The average Bonchev–Trinajstić information content (AvgIpc) is 2.91. The van der Waals surface area contributed by atoms with Crippen LogP contribution in [0.15, 0.2) is 24.3 Å². The standard InChI is InChI=1S/C19H29NO/c1-5-16(13-6-8-15(21)9-7-13)20-17-18(2,3)14-10-11-19(17,4)12-14/h6-9,14,16-17,20-21H,5,10-12H2,1-4H3. The fourth-order valence-corrected chi connectivity index (χ4v) is 5.08. The van der Waals surface area contributed by atoms with E-state index >= 15 is 0 Å². The van der Waals surface area contributed by atoms with Gasteiger partial charge in [-0.15, -0.1) is 0 Å². The Hall–Kier alpha value is -1.02. The van der Waals surface area contributed by atoms with Gasteiger partial charge in [0.2, 0.25) is 0 Å². The Balaban J connectivity index is 1.82. The van der Waals surface area contributed by atoms with Gasteiger partial charge in [-0.3, -0.25) is 0 Å². The largest absolute Gasteiger partial charge is 0.508 e. The Labute approximate surface area is 129 Å². The lowest BCUT2D eigenvalue weighted by atomic mass is 9.68. The SMILES string of the molecule is CCC(NC1C2(C)CCC(C2)C1(C)C)c1ccc(O)cc1. The maximum absolute atomic E-state index is 9.49. The number of phenols is 1. The van der Waals surface area contributed by atoms with E-state index in [1.54, 1.807) is 12.1 Å². The van der Waals surface area contributed by atoms with Crippen LogP contribution in [0.1, 0.15) is 65.0 Å². The second-order valence-electron chi connectivity index (χ2n) is 8.07. The first-order chi connectivity index (χ1) is 9.87. The number of hydrogen-bond donors (Lipinski definition) is 2. The van der Waals surface area contributed by atoms with Crippen LogP contribution in [0, 0.1) is 16.7 Å². The molecular formula is C19H29NO. The topological polar surface area (TPSA) is 32.3 Å². The van der Waals surface area contributed by atoms with Crippen molar-refractivity contribution in [1.82, 2.24) is 5.32 Å². The zero-order valence-corrected chi connectivity index (χ0v) is 13.8. The predicted molar refractivity (Wildman–Crippen MR) is 87.3 cm³/mol. The number of aromatic hydroxyl groups is 1. The molecule has 2 fully saturated rings. The highest BCUT2D eigenvalue weighted by Crippen LogP contribution is 2.62. The molecule has 1 aromatic carbocycles. The molecule has 2 bridgehead atoms. The van der Waals surface area contributed by atoms with Gasteiger partial charge in [-0.25, -0.2) is 0 Å². The molecule has 1 aromatic rings. The monoisotopic (exact) mass is 287 g/mol. The van der Waals surface area contributed by atoms with Crippen LogP contribution in [0.25, 0.3) is 0 Å². The molecule has 3 rings (SSSR count). The summed E-state index contributed by atoms with van der Waals surface area (Å²) in [5.74, 6) is 1.22. The molecule has 0 heterocycles. The van der Waals surface area contributed by atoms with Crippen molar-refractivity contribution in [3.63, 3.8) is 0 Å². The smallest absolute Gasteiger partial charge is 0.115 e. The molecule has 21 heavy (non-hydrogen) atoms. The van der Waals surface area contributed by atoms with Crippen LogP contribution in [-0.2, 0) is 0 Å². The first-order valence-corrected chi connectivity index (χ1v) is 8.42. The second-order valence-corrected chi connectivity index (χ2v) is 8.07. The van der Waals surface area contributed by atoms with Gasteiger partial charge in [0.25, 0.3) is 0 Å². The summed E-state index contributed by atoms with van der Waals surface area (Å²) < 4.78 is 0. The van der Waals surface area contributed by atoms with Gasteiger partial charge in [0, 0.05) is 12.1 Å². The van der Waals surface area contributed by atoms with E-state index in [9.17, 15) is 5.11 Å². The highest BCUT2D eigenvalue weighted by Gasteiger charge is 2.59. The molecule has 2 saturated carbocycles. The van der Waals surface area contributed by atoms with E-state index in [0.29, 0.717) is 28.7 Å². The summed E-state index contributed by atoms with van der Waals surface area (Å²) in [4.78, 5) is 0. The lowest BCUT2D eigenvalue weighted by Gasteiger charge is -2.45. The van der Waals surface area contributed by atoms with E-state index in [-0.39, 0.29) is 0 Å². The second kappa shape index (κ2) is 5.01. The zero-order chi connectivity index (χ0) is 15.3. The summed E-state index contributed by atoms with van der Waals surface area (Å²) >= 11 is 0. The van der Waals surface area contributed by atoms with E-state index < -0.39 is 0 Å². The molecule has 2 heteroatoms. The number of fused-ring (bicyclic) bond motifs is 2. The Morgan fingerprint density at radius 3 is 2.43 bits per heavy atom. The van der Waals surface area contributed by atoms with Crippen molar-refractivity contribution in [2.45, 2.75) is 65.5 Å². The van der Waals surface area contributed by atoms with E-state index in [1.165, 1.54) is 24.8 Å². The number of rotatable bonds is 4. The fraction of sp³-hybridized carbons (Fsp3) is 0.684. The van der Waals surface area contributed by atoms with Crippen LogP contribution in [0.2, 0.25) is 0 Å². The van der Waals surface area contributed by atoms with Crippen LogP contribution in [0.4, 0.5) is 0 Å². The van der Waals surface area contributed by atoms with Crippen LogP contribution >= 0.6 is 0 Å². The molecule has 116 valence electrons. The van der Waals surface area contributed by atoms with Crippen molar-refractivity contribution in [3.05, 3.63) is 29.8 Å². The van der Waals surface area contributed by atoms with Crippen LogP contribution < -0.4 is 5.32 Å². The minimum atomic E-state index is 0.348. The molecule has 0 amide bonds. The summed E-state index contributed by atoms with van der Waals surface area (Å²) in [6.45, 7) is 9.61. The van der Waals surface area contributed by atoms with E-state index in [1.807, 2.05) is 0 Å². The summed E-state index contributed by atoms with van der Waals surface area (Å²) in [5, 5.41) is 13.5. The van der Waals surface area contributed by atoms with E-state index in [0.717, 1.165) is 12.3 Å². The number of hydrogen-bond acceptors (Lipinski definition) is 2. The summed E-state index contributed by atoms with van der Waals surface area (Å²) in [7, 11) is 0. The first-order valence-electron chi connectivity index (χ1n) is 8.42. The Kier molecular flexibility index (Phi) is 3.56. The summed E-state index contributed by atoms with van der Waals surface area (Å²) in [5.41, 5.74) is 2.13. The molecule has 0 aromatic heterocycles. The molecule has 4 atom stereocenters. The molecule has 2 nitrogen and oxygen atoms in total. The van der Waals surface area contributed by atoms with Gasteiger partial charge >= 0.3 is 0 Å². The molecule has 0 saturated heterocycles. The van der Waals surface area contributed by atoms with Gasteiger partial charge in [0.05, 0.1) is 0 Å². The van der Waals surface area contributed by atoms with Crippen molar-refractivity contribution in [2.24, 2.45) is 16.7 Å². The van der Waals surface area contributed by atoms with Crippen LogP contribution in [-0.4, -0.2) is 11.1 Å². The van der Waals surface area contributed by atoms with Gasteiger partial charge in [-0.1, -0.05) is 39.8 Å². The molecule has 4 unspecified atom stereocenters. The van der Waals surface area contributed by atoms with E-state index in [2.05, 4.69) is 45.1 Å². The maximum Gasteiger partial charge on any atom is 0.115 e. The van der Waals surface area contributed by atoms with Gasteiger partial charge in [0.15, 0.2) is 0 Å². The van der Waals surface area contributed by atoms with Crippen molar-refractivity contribution >= 4 is 0 Å². The molecule has 2 N–H and O–H groups in total.